The van der Waals surface area contributed by atoms with Gasteiger partial charge in [0, 0.05) is 30.2 Å². The molecule has 0 amide bonds. The van der Waals surface area contributed by atoms with Crippen molar-refractivity contribution in [2.24, 2.45) is 10.4 Å². The quantitative estimate of drug-likeness (QED) is 0.451. The average Bonchev–Trinajstić information content (AvgIpc) is 2.55. The fraction of sp³-hybridized carbons (Fsp3) is 0.316. The Bertz CT molecular complexity index is 717. The maximum Gasteiger partial charge on any atom is 0.269 e. The summed E-state index contributed by atoms with van der Waals surface area (Å²) in [4.78, 5) is 15.2. The summed E-state index contributed by atoms with van der Waals surface area (Å²) >= 11 is 0. The average molecular weight is 326 g/mol. The first-order valence-electron chi connectivity index (χ1n) is 7.74. The minimum absolute atomic E-state index is 0.0525. The molecule has 5 nitrogen and oxygen atoms in total. The van der Waals surface area contributed by atoms with Crippen LogP contribution in [0.15, 0.2) is 59.6 Å². The Kier molecular flexibility index (Phi) is 5.46. The molecule has 2 rings (SSSR count). The van der Waals surface area contributed by atoms with E-state index >= 15 is 0 Å². The van der Waals surface area contributed by atoms with Gasteiger partial charge < -0.3 is 4.74 Å². The Hall–Kier alpha value is -2.53. The first-order chi connectivity index (χ1) is 11.3. The molecular weight excluding hydrogens is 304 g/mol. The van der Waals surface area contributed by atoms with Gasteiger partial charge in [0.1, 0.15) is 0 Å². The zero-order valence-electron chi connectivity index (χ0n) is 14.4. The molecule has 1 atom stereocenters. The van der Waals surface area contributed by atoms with Gasteiger partial charge in [-0.1, -0.05) is 51.1 Å². The van der Waals surface area contributed by atoms with Crippen LogP contribution in [0.4, 0.5) is 5.69 Å². The number of nitrogens with zero attached hydrogens (tertiary/aromatic N) is 2. The second kappa shape index (κ2) is 7.36. The Morgan fingerprint density at radius 3 is 2.12 bits per heavy atom. The summed E-state index contributed by atoms with van der Waals surface area (Å²) < 4.78 is 5.53. The zero-order chi connectivity index (χ0) is 17.7. The monoisotopic (exact) mass is 326 g/mol. The fourth-order valence-electron chi connectivity index (χ4n) is 2.44. The summed E-state index contributed by atoms with van der Waals surface area (Å²) in [5.41, 5.74) is 2.62. The standard InChI is InChI=1S/C19H22N2O3/c1-19(2,3)17(14-8-6-5-7-9-14)20-18(24-4)15-10-12-16(13-11-15)21(22)23/h5-13,18H,1-4H3. The molecule has 0 saturated carbocycles. The Morgan fingerprint density at radius 1 is 1.08 bits per heavy atom. The van der Waals surface area contributed by atoms with E-state index in [4.69, 9.17) is 9.73 Å². The molecule has 0 aliphatic carbocycles. The molecule has 0 bridgehead atoms. The minimum atomic E-state index is -0.514. The van der Waals surface area contributed by atoms with E-state index < -0.39 is 11.2 Å². The van der Waals surface area contributed by atoms with E-state index in [1.54, 1.807) is 19.2 Å². The highest BCUT2D eigenvalue weighted by Gasteiger charge is 2.23. The predicted octanol–water partition coefficient (Wildman–Crippen LogP) is 4.78. The van der Waals surface area contributed by atoms with Gasteiger partial charge in [0.15, 0.2) is 6.23 Å². The van der Waals surface area contributed by atoms with E-state index in [1.165, 1.54) is 12.1 Å². The van der Waals surface area contributed by atoms with Crippen molar-refractivity contribution in [2.75, 3.05) is 7.11 Å². The van der Waals surface area contributed by atoms with Crippen LogP contribution < -0.4 is 0 Å². The molecule has 0 radical (unpaired) electrons. The number of rotatable bonds is 5. The smallest absolute Gasteiger partial charge is 0.269 e. The zero-order valence-corrected chi connectivity index (χ0v) is 14.4. The molecular formula is C19H22N2O3. The van der Waals surface area contributed by atoms with Crippen molar-refractivity contribution in [1.82, 2.24) is 0 Å². The molecule has 0 heterocycles. The molecule has 2 aromatic rings. The van der Waals surface area contributed by atoms with E-state index in [-0.39, 0.29) is 11.1 Å². The van der Waals surface area contributed by atoms with Gasteiger partial charge in [0.05, 0.1) is 10.6 Å². The van der Waals surface area contributed by atoms with E-state index in [9.17, 15) is 10.1 Å². The van der Waals surface area contributed by atoms with E-state index in [2.05, 4.69) is 20.8 Å². The van der Waals surface area contributed by atoms with Crippen LogP contribution in [0.2, 0.25) is 0 Å². The molecule has 0 spiro atoms. The number of ether oxygens (including phenoxy) is 1. The summed E-state index contributed by atoms with van der Waals surface area (Å²) in [6.45, 7) is 6.30. The van der Waals surface area contributed by atoms with Gasteiger partial charge in [-0.25, -0.2) is 0 Å². The highest BCUT2D eigenvalue weighted by Crippen LogP contribution is 2.28. The summed E-state index contributed by atoms with van der Waals surface area (Å²) in [5, 5.41) is 10.8. The highest BCUT2D eigenvalue weighted by atomic mass is 16.6. The molecule has 1 unspecified atom stereocenters. The van der Waals surface area contributed by atoms with Crippen LogP contribution in [0.5, 0.6) is 0 Å². The maximum atomic E-state index is 10.8. The summed E-state index contributed by atoms with van der Waals surface area (Å²) in [5.74, 6) is 0. The van der Waals surface area contributed by atoms with Crippen molar-refractivity contribution in [3.8, 4) is 0 Å². The number of nitro groups is 1. The summed E-state index contributed by atoms with van der Waals surface area (Å²) in [7, 11) is 1.58. The molecule has 0 fully saturated rings. The lowest BCUT2D eigenvalue weighted by molar-refractivity contribution is -0.384. The normalized spacial score (nSPS) is 13.6. The van der Waals surface area contributed by atoms with E-state index in [0.717, 1.165) is 16.8 Å². The first-order valence-corrected chi connectivity index (χ1v) is 7.74. The largest absolute Gasteiger partial charge is 0.355 e. The number of benzene rings is 2. The summed E-state index contributed by atoms with van der Waals surface area (Å²) in [6.07, 6.45) is -0.514. The van der Waals surface area contributed by atoms with Crippen LogP contribution in [-0.4, -0.2) is 17.7 Å². The van der Waals surface area contributed by atoms with Gasteiger partial charge in [-0.15, -0.1) is 0 Å². The van der Waals surface area contributed by atoms with Crippen LogP contribution in [0, 0.1) is 15.5 Å². The van der Waals surface area contributed by atoms with Crippen LogP contribution in [-0.2, 0) is 4.74 Å². The third kappa shape index (κ3) is 4.26. The van der Waals surface area contributed by atoms with Crippen molar-refractivity contribution < 1.29 is 9.66 Å². The van der Waals surface area contributed by atoms with Gasteiger partial charge in [-0.05, 0) is 17.7 Å². The molecule has 2 aromatic carbocycles. The highest BCUT2D eigenvalue weighted by molar-refractivity contribution is 6.04. The molecule has 0 aromatic heterocycles. The maximum absolute atomic E-state index is 10.8. The van der Waals surface area contributed by atoms with Crippen molar-refractivity contribution in [3.05, 3.63) is 75.8 Å². The molecule has 0 aliphatic heterocycles. The van der Waals surface area contributed by atoms with Gasteiger partial charge in [0.2, 0.25) is 0 Å². The number of aliphatic imine (C=N–C) groups is 1. The molecule has 0 saturated heterocycles. The van der Waals surface area contributed by atoms with Crippen molar-refractivity contribution in [2.45, 2.75) is 27.0 Å². The van der Waals surface area contributed by atoms with Crippen LogP contribution in [0.25, 0.3) is 0 Å². The lowest BCUT2D eigenvalue weighted by atomic mass is 9.85. The lowest BCUT2D eigenvalue weighted by Gasteiger charge is -2.24. The van der Waals surface area contributed by atoms with Crippen molar-refractivity contribution in [3.63, 3.8) is 0 Å². The number of nitro benzene ring substituents is 1. The number of methoxy groups -OCH3 is 1. The Morgan fingerprint density at radius 2 is 1.67 bits per heavy atom. The third-order valence-electron chi connectivity index (χ3n) is 3.62. The van der Waals surface area contributed by atoms with Gasteiger partial charge >= 0.3 is 0 Å². The molecule has 24 heavy (non-hydrogen) atoms. The second-order valence-corrected chi connectivity index (χ2v) is 6.53. The SMILES string of the molecule is COC(N=C(c1ccccc1)C(C)(C)C)c1ccc([N+](=O)[O-])cc1. The number of hydrogen-bond donors (Lipinski definition) is 0. The van der Waals surface area contributed by atoms with E-state index in [1.807, 2.05) is 30.3 Å². The Labute approximate surface area is 142 Å². The van der Waals surface area contributed by atoms with Crippen LogP contribution in [0.3, 0.4) is 0 Å². The van der Waals surface area contributed by atoms with Gasteiger partial charge in [-0.3, -0.25) is 15.1 Å². The molecule has 0 N–H and O–H groups in total. The van der Waals surface area contributed by atoms with Crippen LogP contribution in [0.1, 0.15) is 38.1 Å². The fourth-order valence-corrected chi connectivity index (χ4v) is 2.44. The Balaban J connectivity index is 2.43. The number of non-ortho nitro benzene ring substituents is 1. The lowest BCUT2D eigenvalue weighted by Crippen LogP contribution is -2.23. The molecule has 0 aliphatic rings. The third-order valence-corrected chi connectivity index (χ3v) is 3.62. The van der Waals surface area contributed by atoms with Gasteiger partial charge in [-0.2, -0.15) is 0 Å². The second-order valence-electron chi connectivity index (χ2n) is 6.53. The van der Waals surface area contributed by atoms with Crippen molar-refractivity contribution in [1.29, 1.82) is 0 Å². The molecule has 126 valence electrons. The summed E-state index contributed by atoms with van der Waals surface area (Å²) in [6, 6.07) is 16.3. The first kappa shape index (κ1) is 17.8. The van der Waals surface area contributed by atoms with Gasteiger partial charge in [0.25, 0.3) is 5.69 Å². The van der Waals surface area contributed by atoms with E-state index in [0.29, 0.717) is 0 Å². The number of hydrogen-bond acceptors (Lipinski definition) is 4. The predicted molar refractivity (Wildman–Crippen MR) is 95.3 cm³/mol. The van der Waals surface area contributed by atoms with Crippen molar-refractivity contribution >= 4 is 11.4 Å². The topological polar surface area (TPSA) is 64.7 Å². The molecule has 5 heteroatoms. The minimum Gasteiger partial charge on any atom is -0.355 e. The van der Waals surface area contributed by atoms with Crippen LogP contribution >= 0.6 is 0 Å².